The van der Waals surface area contributed by atoms with E-state index in [-0.39, 0.29) is 33.5 Å². The standard InChI is InChI=1S/C13H14N2O5/c1-6-14-10-9(12(16)15-6)8(18-2)5-7(11(10)19-3)13(17)20-4/h5H,1-4H3,(H,14,15,16). The number of benzene rings is 1. The van der Waals surface area contributed by atoms with Crippen LogP contribution in [-0.2, 0) is 4.74 Å². The van der Waals surface area contributed by atoms with Crippen molar-refractivity contribution < 1.29 is 19.0 Å². The van der Waals surface area contributed by atoms with Gasteiger partial charge in [-0.05, 0) is 13.0 Å². The second-order valence-corrected chi connectivity index (χ2v) is 4.03. The van der Waals surface area contributed by atoms with Crippen LogP contribution in [-0.4, -0.2) is 37.3 Å². The maximum atomic E-state index is 12.1. The van der Waals surface area contributed by atoms with E-state index < -0.39 is 5.97 Å². The summed E-state index contributed by atoms with van der Waals surface area (Å²) in [7, 11) is 4.06. The number of hydrogen-bond acceptors (Lipinski definition) is 6. The van der Waals surface area contributed by atoms with Crippen molar-refractivity contribution in [3.05, 3.63) is 27.8 Å². The lowest BCUT2D eigenvalue weighted by Crippen LogP contribution is -2.14. The van der Waals surface area contributed by atoms with Gasteiger partial charge in [0.1, 0.15) is 28.0 Å². The molecule has 0 spiro atoms. The molecule has 0 bridgehead atoms. The Morgan fingerprint density at radius 3 is 2.50 bits per heavy atom. The molecule has 2 rings (SSSR count). The predicted molar refractivity (Wildman–Crippen MR) is 71.5 cm³/mol. The average Bonchev–Trinajstić information content (AvgIpc) is 2.44. The van der Waals surface area contributed by atoms with Crippen molar-refractivity contribution in [1.29, 1.82) is 0 Å². The number of fused-ring (bicyclic) bond motifs is 1. The number of H-pyrrole nitrogens is 1. The molecule has 0 radical (unpaired) electrons. The fourth-order valence-electron chi connectivity index (χ4n) is 2.00. The fraction of sp³-hybridized carbons (Fsp3) is 0.308. The summed E-state index contributed by atoms with van der Waals surface area (Å²) < 4.78 is 15.1. The van der Waals surface area contributed by atoms with E-state index in [0.717, 1.165) is 0 Å². The molecule has 1 aromatic heterocycles. The molecule has 106 valence electrons. The zero-order valence-electron chi connectivity index (χ0n) is 11.6. The highest BCUT2D eigenvalue weighted by Gasteiger charge is 2.22. The Bertz CT molecular complexity index is 736. The summed E-state index contributed by atoms with van der Waals surface area (Å²) >= 11 is 0. The quantitative estimate of drug-likeness (QED) is 0.843. The highest BCUT2D eigenvalue weighted by Crippen LogP contribution is 2.33. The van der Waals surface area contributed by atoms with Crippen molar-refractivity contribution in [1.82, 2.24) is 9.97 Å². The minimum atomic E-state index is -0.596. The van der Waals surface area contributed by atoms with Crippen molar-refractivity contribution in [2.24, 2.45) is 0 Å². The molecular weight excluding hydrogens is 264 g/mol. The Labute approximate surface area is 114 Å². The lowest BCUT2D eigenvalue weighted by atomic mass is 10.1. The van der Waals surface area contributed by atoms with Crippen LogP contribution in [0.4, 0.5) is 0 Å². The molecule has 0 aliphatic heterocycles. The molecule has 1 N–H and O–H groups in total. The van der Waals surface area contributed by atoms with Gasteiger partial charge in [0.05, 0.1) is 21.3 Å². The Kier molecular flexibility index (Phi) is 3.60. The van der Waals surface area contributed by atoms with Gasteiger partial charge in [0, 0.05) is 0 Å². The number of aromatic nitrogens is 2. The number of aryl methyl sites for hydroxylation is 1. The van der Waals surface area contributed by atoms with E-state index in [9.17, 15) is 9.59 Å². The van der Waals surface area contributed by atoms with E-state index in [4.69, 9.17) is 14.2 Å². The van der Waals surface area contributed by atoms with Crippen LogP contribution in [0.25, 0.3) is 10.9 Å². The topological polar surface area (TPSA) is 90.5 Å². The third kappa shape index (κ3) is 2.07. The summed E-state index contributed by atoms with van der Waals surface area (Å²) in [5, 5.41) is 0.225. The number of hydrogen-bond donors (Lipinski definition) is 1. The van der Waals surface area contributed by atoms with Crippen molar-refractivity contribution in [3.8, 4) is 11.5 Å². The maximum Gasteiger partial charge on any atom is 0.341 e. The zero-order chi connectivity index (χ0) is 14.9. The van der Waals surface area contributed by atoms with Gasteiger partial charge in [0.2, 0.25) is 0 Å². The Morgan fingerprint density at radius 1 is 1.25 bits per heavy atom. The van der Waals surface area contributed by atoms with E-state index in [2.05, 4.69) is 9.97 Å². The highest BCUT2D eigenvalue weighted by molar-refractivity contribution is 6.02. The summed E-state index contributed by atoms with van der Waals surface area (Å²) in [6.45, 7) is 1.64. The van der Waals surface area contributed by atoms with Gasteiger partial charge in [-0.1, -0.05) is 0 Å². The molecule has 7 heteroatoms. The third-order valence-corrected chi connectivity index (χ3v) is 2.85. The van der Waals surface area contributed by atoms with E-state index in [1.165, 1.54) is 27.4 Å². The summed E-state index contributed by atoms with van der Waals surface area (Å²) in [5.41, 5.74) is 0.0458. The van der Waals surface area contributed by atoms with Gasteiger partial charge in [-0.3, -0.25) is 4.79 Å². The predicted octanol–water partition coefficient (Wildman–Crippen LogP) is 1.04. The van der Waals surface area contributed by atoms with Gasteiger partial charge < -0.3 is 19.2 Å². The summed E-state index contributed by atoms with van der Waals surface area (Å²) in [4.78, 5) is 30.7. The average molecular weight is 278 g/mol. The van der Waals surface area contributed by atoms with Crippen molar-refractivity contribution in [2.75, 3.05) is 21.3 Å². The zero-order valence-corrected chi connectivity index (χ0v) is 11.6. The van der Waals surface area contributed by atoms with Crippen molar-refractivity contribution in [2.45, 2.75) is 6.92 Å². The number of carbonyl (C=O) groups excluding carboxylic acids is 1. The molecule has 0 saturated carbocycles. The van der Waals surface area contributed by atoms with Crippen LogP contribution in [0.1, 0.15) is 16.2 Å². The van der Waals surface area contributed by atoms with E-state index >= 15 is 0 Å². The van der Waals surface area contributed by atoms with Gasteiger partial charge in [-0.25, -0.2) is 9.78 Å². The number of ether oxygens (including phenoxy) is 3. The first kappa shape index (κ1) is 13.9. The van der Waals surface area contributed by atoms with E-state index in [0.29, 0.717) is 5.82 Å². The Balaban J connectivity index is 2.99. The van der Waals surface area contributed by atoms with Crippen molar-refractivity contribution >= 4 is 16.9 Å². The lowest BCUT2D eigenvalue weighted by Gasteiger charge is -2.12. The summed E-state index contributed by atoms with van der Waals surface area (Å²) in [5.74, 6) is 0.225. The molecule has 1 heterocycles. The summed E-state index contributed by atoms with van der Waals surface area (Å²) in [6, 6.07) is 1.40. The summed E-state index contributed by atoms with van der Waals surface area (Å²) in [6.07, 6.45) is 0. The molecule has 20 heavy (non-hydrogen) atoms. The molecule has 0 fully saturated rings. The Hall–Kier alpha value is -2.57. The lowest BCUT2D eigenvalue weighted by molar-refractivity contribution is 0.0597. The third-order valence-electron chi connectivity index (χ3n) is 2.85. The van der Waals surface area contributed by atoms with Crippen LogP contribution < -0.4 is 15.0 Å². The highest BCUT2D eigenvalue weighted by atomic mass is 16.5. The van der Waals surface area contributed by atoms with Gasteiger partial charge in [-0.2, -0.15) is 0 Å². The first-order valence-corrected chi connectivity index (χ1v) is 5.77. The molecule has 0 saturated heterocycles. The number of rotatable bonds is 3. The molecule has 0 aliphatic rings. The molecule has 0 atom stereocenters. The molecule has 0 unspecified atom stereocenters. The van der Waals surface area contributed by atoms with E-state index in [1.54, 1.807) is 6.92 Å². The van der Waals surface area contributed by atoms with Crippen LogP contribution in [0.5, 0.6) is 11.5 Å². The van der Waals surface area contributed by atoms with Crippen LogP contribution in [0.3, 0.4) is 0 Å². The molecule has 1 aromatic carbocycles. The fourth-order valence-corrected chi connectivity index (χ4v) is 2.00. The number of nitrogens with zero attached hydrogens (tertiary/aromatic N) is 1. The number of nitrogens with one attached hydrogen (secondary N) is 1. The molecular formula is C13H14N2O5. The number of aromatic amines is 1. The molecule has 0 amide bonds. The Morgan fingerprint density at radius 2 is 1.95 bits per heavy atom. The van der Waals surface area contributed by atoms with Crippen LogP contribution in [0.2, 0.25) is 0 Å². The minimum Gasteiger partial charge on any atom is -0.496 e. The molecule has 7 nitrogen and oxygen atoms in total. The minimum absolute atomic E-state index is 0.150. The number of methoxy groups -OCH3 is 3. The van der Waals surface area contributed by atoms with Gasteiger partial charge in [0.25, 0.3) is 5.56 Å². The monoisotopic (exact) mass is 278 g/mol. The second kappa shape index (κ2) is 5.20. The van der Waals surface area contributed by atoms with Crippen LogP contribution in [0, 0.1) is 6.92 Å². The molecule has 0 aliphatic carbocycles. The SMILES string of the molecule is COC(=O)c1cc(OC)c2c(=O)[nH]c(C)nc2c1OC. The van der Waals surface area contributed by atoms with Crippen LogP contribution >= 0.6 is 0 Å². The second-order valence-electron chi connectivity index (χ2n) is 4.03. The van der Waals surface area contributed by atoms with E-state index in [1.807, 2.05) is 0 Å². The molecule has 2 aromatic rings. The first-order chi connectivity index (χ1) is 9.53. The van der Waals surface area contributed by atoms with Gasteiger partial charge in [-0.15, -0.1) is 0 Å². The smallest absolute Gasteiger partial charge is 0.341 e. The normalized spacial score (nSPS) is 10.4. The largest absolute Gasteiger partial charge is 0.496 e. The number of esters is 1. The van der Waals surface area contributed by atoms with Crippen LogP contribution in [0.15, 0.2) is 10.9 Å². The van der Waals surface area contributed by atoms with Crippen molar-refractivity contribution in [3.63, 3.8) is 0 Å². The number of carbonyl (C=O) groups is 1. The van der Waals surface area contributed by atoms with Gasteiger partial charge in [0.15, 0.2) is 5.75 Å². The van der Waals surface area contributed by atoms with Gasteiger partial charge >= 0.3 is 5.97 Å². The maximum absolute atomic E-state index is 12.1. The first-order valence-electron chi connectivity index (χ1n) is 5.77.